The molecule has 0 spiro atoms. The van der Waals surface area contributed by atoms with E-state index in [0.29, 0.717) is 17.3 Å². The van der Waals surface area contributed by atoms with E-state index < -0.39 is 0 Å². The zero-order chi connectivity index (χ0) is 12.7. The molecule has 2 aromatic heterocycles. The fraction of sp³-hybridized carbons (Fsp3) is 0.385. The molecular weight excluding hydrogens is 232 g/mol. The number of hydrogen-bond acceptors (Lipinski definition) is 3. The summed E-state index contributed by atoms with van der Waals surface area (Å²) in [7, 11) is 1.37. The van der Waals surface area contributed by atoms with Crippen LogP contribution in [0.1, 0.15) is 23.3 Å². The second-order valence-electron chi connectivity index (χ2n) is 4.70. The summed E-state index contributed by atoms with van der Waals surface area (Å²) >= 11 is 0. The van der Waals surface area contributed by atoms with Gasteiger partial charge in [-0.25, -0.2) is 4.79 Å². The maximum Gasteiger partial charge on any atom is 0.354 e. The number of pyridine rings is 1. The molecule has 0 radical (unpaired) electrons. The summed E-state index contributed by atoms with van der Waals surface area (Å²) in [5.74, 6) is 0.236. The van der Waals surface area contributed by atoms with Crippen molar-refractivity contribution in [1.29, 1.82) is 0 Å². The van der Waals surface area contributed by atoms with Crippen molar-refractivity contribution in [2.45, 2.75) is 19.4 Å². The van der Waals surface area contributed by atoms with E-state index in [-0.39, 0.29) is 11.5 Å². The number of ether oxygens (including phenoxy) is 1. The largest absolute Gasteiger partial charge is 0.464 e. The van der Waals surface area contributed by atoms with Crippen LogP contribution in [0.3, 0.4) is 0 Å². The van der Waals surface area contributed by atoms with Crippen LogP contribution < -0.4 is 5.56 Å². The summed E-state index contributed by atoms with van der Waals surface area (Å²) in [4.78, 5) is 25.9. The number of carbonyl (C=O) groups excluding carboxylic acids is 1. The monoisotopic (exact) mass is 246 g/mol. The zero-order valence-electron chi connectivity index (χ0n) is 10.1. The molecule has 94 valence electrons. The molecule has 0 unspecified atom stereocenters. The van der Waals surface area contributed by atoms with Crippen molar-refractivity contribution < 1.29 is 9.53 Å². The fourth-order valence-electron chi connectivity index (χ4n) is 2.18. The molecule has 5 nitrogen and oxygen atoms in total. The smallest absolute Gasteiger partial charge is 0.354 e. The van der Waals surface area contributed by atoms with E-state index in [1.807, 2.05) is 4.57 Å². The summed E-state index contributed by atoms with van der Waals surface area (Å²) in [5, 5.41) is 0.857. The molecule has 2 aromatic rings. The summed E-state index contributed by atoms with van der Waals surface area (Å²) < 4.78 is 6.65. The lowest BCUT2D eigenvalue weighted by atomic mass is 10.3. The van der Waals surface area contributed by atoms with E-state index in [1.165, 1.54) is 26.0 Å². The Morgan fingerprint density at radius 3 is 2.94 bits per heavy atom. The Balaban J connectivity index is 2.19. The predicted molar refractivity (Wildman–Crippen MR) is 66.6 cm³/mol. The maximum absolute atomic E-state index is 11.8. The Hall–Kier alpha value is -2.04. The Morgan fingerprint density at radius 2 is 2.28 bits per heavy atom. The van der Waals surface area contributed by atoms with E-state index in [2.05, 4.69) is 4.98 Å². The molecule has 5 heteroatoms. The van der Waals surface area contributed by atoms with Gasteiger partial charge >= 0.3 is 5.97 Å². The van der Waals surface area contributed by atoms with E-state index in [9.17, 15) is 9.59 Å². The van der Waals surface area contributed by atoms with Crippen LogP contribution in [0, 0.1) is 5.92 Å². The standard InChI is InChI=1S/C13H14N2O3/c1-18-13(17)10-6-9-4-5-11(16)14-12(9)15(10)7-8-2-3-8/h4-6,8H,2-3,7H2,1H3,(H,14,16). The molecule has 2 heterocycles. The highest BCUT2D eigenvalue weighted by Gasteiger charge is 2.25. The van der Waals surface area contributed by atoms with Crippen LogP contribution in [0.15, 0.2) is 23.0 Å². The molecule has 0 saturated heterocycles. The number of nitrogens with one attached hydrogen (secondary N) is 1. The van der Waals surface area contributed by atoms with Crippen molar-refractivity contribution in [3.8, 4) is 0 Å². The van der Waals surface area contributed by atoms with Gasteiger partial charge in [0.1, 0.15) is 11.3 Å². The van der Waals surface area contributed by atoms with Crippen LogP contribution in [-0.2, 0) is 11.3 Å². The van der Waals surface area contributed by atoms with Gasteiger partial charge in [0.2, 0.25) is 5.56 Å². The van der Waals surface area contributed by atoms with Gasteiger partial charge in [0.25, 0.3) is 0 Å². The molecular formula is C13H14N2O3. The van der Waals surface area contributed by atoms with Gasteiger partial charge in [-0.15, -0.1) is 0 Å². The Morgan fingerprint density at radius 1 is 1.50 bits per heavy atom. The van der Waals surface area contributed by atoms with Crippen molar-refractivity contribution in [3.05, 3.63) is 34.2 Å². The minimum absolute atomic E-state index is 0.158. The second-order valence-corrected chi connectivity index (χ2v) is 4.70. The number of hydrogen-bond donors (Lipinski definition) is 1. The van der Waals surface area contributed by atoms with Crippen molar-refractivity contribution in [3.63, 3.8) is 0 Å². The number of carbonyl (C=O) groups is 1. The van der Waals surface area contributed by atoms with Crippen LogP contribution in [0.5, 0.6) is 0 Å². The van der Waals surface area contributed by atoms with Crippen LogP contribution in [0.25, 0.3) is 11.0 Å². The third kappa shape index (κ3) is 1.81. The van der Waals surface area contributed by atoms with Gasteiger partial charge < -0.3 is 14.3 Å². The summed E-state index contributed by atoms with van der Waals surface area (Å²) in [6, 6.07) is 4.95. The Kier molecular flexibility index (Phi) is 2.47. The van der Waals surface area contributed by atoms with E-state index in [4.69, 9.17) is 4.74 Å². The van der Waals surface area contributed by atoms with Crippen molar-refractivity contribution in [1.82, 2.24) is 9.55 Å². The van der Waals surface area contributed by atoms with Gasteiger partial charge in [-0.3, -0.25) is 4.79 Å². The third-order valence-electron chi connectivity index (χ3n) is 3.31. The zero-order valence-corrected chi connectivity index (χ0v) is 10.1. The number of fused-ring (bicyclic) bond motifs is 1. The first-order valence-electron chi connectivity index (χ1n) is 6.00. The van der Waals surface area contributed by atoms with Crippen molar-refractivity contribution in [2.75, 3.05) is 7.11 Å². The maximum atomic E-state index is 11.8. The Labute approximate surface area is 103 Å². The molecule has 18 heavy (non-hydrogen) atoms. The molecule has 1 N–H and O–H groups in total. The highest BCUT2D eigenvalue weighted by Crippen LogP contribution is 2.32. The third-order valence-corrected chi connectivity index (χ3v) is 3.31. The number of methoxy groups -OCH3 is 1. The van der Waals surface area contributed by atoms with Gasteiger partial charge in [0.05, 0.1) is 7.11 Å². The molecule has 1 fully saturated rings. The molecule has 1 saturated carbocycles. The molecule has 0 aromatic carbocycles. The van der Waals surface area contributed by atoms with Gasteiger partial charge in [-0.05, 0) is 30.9 Å². The van der Waals surface area contributed by atoms with Crippen LogP contribution in [0.2, 0.25) is 0 Å². The minimum Gasteiger partial charge on any atom is -0.464 e. The number of esters is 1. The summed E-state index contributed by atoms with van der Waals surface area (Å²) in [5.41, 5.74) is 1.05. The van der Waals surface area contributed by atoms with Crippen LogP contribution in [0.4, 0.5) is 0 Å². The van der Waals surface area contributed by atoms with Gasteiger partial charge in [0, 0.05) is 18.0 Å². The lowest BCUT2D eigenvalue weighted by molar-refractivity contribution is 0.0588. The molecule has 1 aliphatic rings. The first kappa shape index (κ1) is 11.1. The van der Waals surface area contributed by atoms with Gasteiger partial charge in [0.15, 0.2) is 0 Å². The average Bonchev–Trinajstić information content (AvgIpc) is 3.11. The average molecular weight is 246 g/mol. The van der Waals surface area contributed by atoms with Crippen molar-refractivity contribution in [2.24, 2.45) is 5.92 Å². The molecule has 0 aliphatic heterocycles. The summed E-state index contributed by atoms with van der Waals surface area (Å²) in [6.45, 7) is 0.758. The SMILES string of the molecule is COC(=O)c1cc2ccc(=O)[nH]c2n1CC1CC1. The van der Waals surface area contributed by atoms with E-state index in [1.54, 1.807) is 12.1 Å². The van der Waals surface area contributed by atoms with Crippen LogP contribution in [-0.4, -0.2) is 22.6 Å². The number of aromatic nitrogens is 2. The molecule has 3 rings (SSSR count). The Bertz CT molecular complexity index is 664. The van der Waals surface area contributed by atoms with Crippen LogP contribution >= 0.6 is 0 Å². The number of nitrogens with zero attached hydrogens (tertiary/aromatic N) is 1. The second kappa shape index (κ2) is 4.01. The fourth-order valence-corrected chi connectivity index (χ4v) is 2.18. The normalized spacial score (nSPS) is 14.9. The molecule has 1 aliphatic carbocycles. The van der Waals surface area contributed by atoms with Gasteiger partial charge in [-0.2, -0.15) is 0 Å². The first-order chi connectivity index (χ1) is 8.69. The highest BCUT2D eigenvalue weighted by atomic mass is 16.5. The van der Waals surface area contributed by atoms with Gasteiger partial charge in [-0.1, -0.05) is 0 Å². The highest BCUT2D eigenvalue weighted by molar-refractivity contribution is 5.94. The number of H-pyrrole nitrogens is 1. The quantitative estimate of drug-likeness (QED) is 0.835. The van der Waals surface area contributed by atoms with E-state index >= 15 is 0 Å². The summed E-state index contributed by atoms with van der Waals surface area (Å²) in [6.07, 6.45) is 2.36. The lowest BCUT2D eigenvalue weighted by Crippen LogP contribution is -2.13. The van der Waals surface area contributed by atoms with E-state index in [0.717, 1.165) is 11.9 Å². The number of aromatic amines is 1. The predicted octanol–water partition coefficient (Wildman–Crippen LogP) is 1.53. The van der Waals surface area contributed by atoms with Crippen molar-refractivity contribution >= 4 is 17.0 Å². The molecule has 0 amide bonds. The molecule has 0 atom stereocenters. The molecule has 0 bridgehead atoms. The lowest BCUT2D eigenvalue weighted by Gasteiger charge is -2.07. The topological polar surface area (TPSA) is 64.1 Å². The number of rotatable bonds is 3. The minimum atomic E-state index is -0.368. The first-order valence-corrected chi connectivity index (χ1v) is 6.00.